The van der Waals surface area contributed by atoms with E-state index in [4.69, 9.17) is 10.3 Å². The fourth-order valence-electron chi connectivity index (χ4n) is 1.69. The molecule has 1 aliphatic rings. The van der Waals surface area contributed by atoms with Crippen molar-refractivity contribution in [3.05, 3.63) is 42.0 Å². The van der Waals surface area contributed by atoms with Crippen molar-refractivity contribution in [3.8, 4) is 0 Å². The molecule has 8 nitrogen and oxygen atoms in total. The highest BCUT2D eigenvalue weighted by Gasteiger charge is 2.35. The zero-order valence-corrected chi connectivity index (χ0v) is 10.5. The first-order chi connectivity index (χ1) is 8.88. The summed E-state index contributed by atoms with van der Waals surface area (Å²) < 4.78 is 31.7. The van der Waals surface area contributed by atoms with Crippen LogP contribution in [0.1, 0.15) is 5.56 Å². The zero-order valence-electron chi connectivity index (χ0n) is 9.72. The second-order valence-corrected chi connectivity index (χ2v) is 5.40. The van der Waals surface area contributed by atoms with Gasteiger partial charge in [-0.05, 0) is 17.7 Å². The predicted molar refractivity (Wildman–Crippen MR) is 65.5 cm³/mol. The number of carbonyl (C=O) groups excluding carboxylic acids is 1. The minimum Gasteiger partial charge on any atom is -0.385 e. The topological polar surface area (TPSA) is 126 Å². The highest BCUT2D eigenvalue weighted by molar-refractivity contribution is 7.86. The van der Waals surface area contributed by atoms with E-state index in [2.05, 4.69) is 10.3 Å². The third-order valence-electron chi connectivity index (χ3n) is 2.54. The Morgan fingerprint density at radius 3 is 2.63 bits per heavy atom. The van der Waals surface area contributed by atoms with E-state index in [9.17, 15) is 13.2 Å². The first-order valence-electron chi connectivity index (χ1n) is 5.27. The molecule has 1 aliphatic heterocycles. The lowest BCUT2D eigenvalue weighted by molar-refractivity contribution is -0.118. The summed E-state index contributed by atoms with van der Waals surface area (Å²) in [5, 5.41) is 2.13. The molecule has 1 unspecified atom stereocenters. The molecule has 0 bridgehead atoms. The average molecular weight is 284 g/mol. The Morgan fingerprint density at radius 1 is 1.42 bits per heavy atom. The summed E-state index contributed by atoms with van der Waals surface area (Å²) in [6, 6.07) is 3.34. The number of carbonyl (C=O) groups is 1. The third-order valence-corrected chi connectivity index (χ3v) is 3.48. The van der Waals surface area contributed by atoms with Crippen LogP contribution in [0.2, 0.25) is 0 Å². The average Bonchev–Trinajstić information content (AvgIpc) is 2.32. The van der Waals surface area contributed by atoms with E-state index < -0.39 is 21.5 Å². The van der Waals surface area contributed by atoms with E-state index in [1.165, 1.54) is 4.90 Å². The fraction of sp³-hybridized carbons (Fsp3) is 0.200. The van der Waals surface area contributed by atoms with Gasteiger partial charge in [0.2, 0.25) is 11.4 Å². The summed E-state index contributed by atoms with van der Waals surface area (Å²) in [5.41, 5.74) is 4.77. The lowest BCUT2D eigenvalue weighted by atomic mass is 10.2. The predicted octanol–water partition coefficient (Wildman–Crippen LogP) is -1.02. The summed E-state index contributed by atoms with van der Waals surface area (Å²) in [4.78, 5) is 16.3. The van der Waals surface area contributed by atoms with Crippen LogP contribution in [0, 0.1) is 0 Å². The lowest BCUT2D eigenvalue weighted by Gasteiger charge is -2.34. The molecule has 0 fully saturated rings. The van der Waals surface area contributed by atoms with E-state index in [1.54, 1.807) is 24.5 Å². The normalized spacial score (nSPS) is 19.8. The van der Waals surface area contributed by atoms with Crippen molar-refractivity contribution in [1.29, 1.82) is 0 Å². The molecule has 0 aliphatic carbocycles. The number of nitrogens with zero attached hydrogens (tertiary/aromatic N) is 2. The number of amides is 1. The van der Waals surface area contributed by atoms with Crippen LogP contribution in [-0.2, 0) is 21.5 Å². The molecule has 2 rings (SSSR count). The van der Waals surface area contributed by atoms with Crippen LogP contribution >= 0.6 is 0 Å². The summed E-state index contributed by atoms with van der Waals surface area (Å²) in [7, 11) is -4.50. The molecule has 1 aromatic heterocycles. The first-order valence-corrected chi connectivity index (χ1v) is 6.78. The number of rotatable bonds is 3. The molecule has 1 aromatic rings. The van der Waals surface area contributed by atoms with Crippen molar-refractivity contribution in [1.82, 2.24) is 15.2 Å². The number of aromatic nitrogens is 1. The van der Waals surface area contributed by atoms with Gasteiger partial charge in [-0.2, -0.15) is 8.42 Å². The van der Waals surface area contributed by atoms with Crippen molar-refractivity contribution in [3.63, 3.8) is 0 Å². The molecule has 1 atom stereocenters. The van der Waals surface area contributed by atoms with Crippen LogP contribution in [0.5, 0.6) is 0 Å². The van der Waals surface area contributed by atoms with Gasteiger partial charge in [0.1, 0.15) is 5.82 Å². The van der Waals surface area contributed by atoms with Crippen LogP contribution in [0.25, 0.3) is 0 Å². The molecule has 9 heteroatoms. The maximum atomic E-state index is 11.3. The largest absolute Gasteiger partial charge is 0.385 e. The van der Waals surface area contributed by atoms with Gasteiger partial charge in [-0.15, -0.1) is 0 Å². The third kappa shape index (κ3) is 3.01. The van der Waals surface area contributed by atoms with Crippen molar-refractivity contribution in [2.24, 2.45) is 5.73 Å². The smallest absolute Gasteiger partial charge is 0.306 e. The molecule has 0 saturated carbocycles. The van der Waals surface area contributed by atoms with E-state index in [-0.39, 0.29) is 12.4 Å². The Kier molecular flexibility index (Phi) is 3.40. The van der Waals surface area contributed by atoms with Crippen molar-refractivity contribution in [2.75, 3.05) is 0 Å². The Labute approximate surface area is 109 Å². The molecule has 4 N–H and O–H groups in total. The number of nitrogens with one attached hydrogen (secondary N) is 1. The molecule has 0 radical (unpaired) electrons. The van der Waals surface area contributed by atoms with Crippen LogP contribution in [0.15, 0.2) is 36.4 Å². The summed E-state index contributed by atoms with van der Waals surface area (Å²) >= 11 is 0. The molecule has 1 amide bonds. The van der Waals surface area contributed by atoms with Gasteiger partial charge in [-0.3, -0.25) is 14.3 Å². The Bertz CT molecular complexity index is 614. The molecular weight excluding hydrogens is 272 g/mol. The van der Waals surface area contributed by atoms with E-state index in [1.807, 2.05) is 0 Å². The number of nitrogens with two attached hydrogens (primary N) is 1. The maximum Gasteiger partial charge on any atom is 0.306 e. The molecule has 19 heavy (non-hydrogen) atoms. The standard InChI is InChI=1S/C10H12N4O4S/c11-8-5-9(15)13-10(19(16,17)18)14(8)6-7-1-3-12-4-2-7/h1-5,10H,6,11H2,(H,13,15)(H,16,17,18). The lowest BCUT2D eigenvalue weighted by Crippen LogP contribution is -2.56. The van der Waals surface area contributed by atoms with Crippen molar-refractivity contribution in [2.45, 2.75) is 12.0 Å². The van der Waals surface area contributed by atoms with E-state index in [0.717, 1.165) is 11.6 Å². The zero-order chi connectivity index (χ0) is 14.0. The van der Waals surface area contributed by atoms with Gasteiger partial charge in [-0.25, -0.2) is 0 Å². The van der Waals surface area contributed by atoms with Crippen molar-refractivity contribution >= 4 is 16.0 Å². The molecular formula is C10H12N4O4S. The maximum absolute atomic E-state index is 11.3. The van der Waals surface area contributed by atoms with Gasteiger partial charge >= 0.3 is 10.1 Å². The molecule has 0 saturated heterocycles. The quantitative estimate of drug-likeness (QED) is 0.607. The Hall–Kier alpha value is -2.13. The Morgan fingerprint density at radius 2 is 2.05 bits per heavy atom. The Balaban J connectivity index is 2.33. The minimum atomic E-state index is -4.50. The van der Waals surface area contributed by atoms with Crippen molar-refractivity contribution < 1.29 is 17.8 Å². The van der Waals surface area contributed by atoms with E-state index >= 15 is 0 Å². The van der Waals surface area contributed by atoms with Crippen LogP contribution < -0.4 is 11.1 Å². The highest BCUT2D eigenvalue weighted by Crippen LogP contribution is 2.16. The number of pyridine rings is 1. The van der Waals surface area contributed by atoms with Gasteiger partial charge in [0, 0.05) is 25.0 Å². The van der Waals surface area contributed by atoms with Gasteiger partial charge < -0.3 is 16.0 Å². The van der Waals surface area contributed by atoms with Gasteiger partial charge in [0.05, 0.1) is 0 Å². The molecule has 102 valence electrons. The molecule has 0 aromatic carbocycles. The molecule has 0 spiro atoms. The SMILES string of the molecule is NC1=CC(=O)NC(S(=O)(=O)O)N1Cc1ccncc1. The minimum absolute atomic E-state index is 0.0387. The van der Waals surface area contributed by atoms with Crippen LogP contribution in [0.4, 0.5) is 0 Å². The first kappa shape index (κ1) is 13.3. The monoisotopic (exact) mass is 284 g/mol. The molecule has 2 heterocycles. The van der Waals surface area contributed by atoms with Gasteiger partial charge in [0.15, 0.2) is 0 Å². The number of hydrogen-bond acceptors (Lipinski definition) is 6. The summed E-state index contributed by atoms with van der Waals surface area (Å²) in [6.45, 7) is 0.107. The number of hydrogen-bond donors (Lipinski definition) is 3. The summed E-state index contributed by atoms with van der Waals surface area (Å²) in [5.74, 6) is -0.714. The van der Waals surface area contributed by atoms with Crippen LogP contribution in [-0.4, -0.2) is 34.3 Å². The summed E-state index contributed by atoms with van der Waals surface area (Å²) in [6.07, 6.45) is 4.14. The van der Waals surface area contributed by atoms with Crippen LogP contribution in [0.3, 0.4) is 0 Å². The van der Waals surface area contributed by atoms with E-state index in [0.29, 0.717) is 0 Å². The second kappa shape index (κ2) is 4.86. The fourth-order valence-corrected chi connectivity index (χ4v) is 2.47. The second-order valence-electron chi connectivity index (χ2n) is 3.93. The van der Waals surface area contributed by atoms with Gasteiger partial charge in [-0.1, -0.05) is 0 Å². The highest BCUT2D eigenvalue weighted by atomic mass is 32.2. The van der Waals surface area contributed by atoms with Gasteiger partial charge in [0.25, 0.3) is 0 Å².